The van der Waals surface area contributed by atoms with Gasteiger partial charge in [0.1, 0.15) is 0 Å². The Bertz CT molecular complexity index is 1140. The first-order valence-electron chi connectivity index (χ1n) is 9.78. The normalized spacial score (nSPS) is 10.9. The van der Waals surface area contributed by atoms with Crippen LogP contribution in [-0.4, -0.2) is 35.4 Å². The van der Waals surface area contributed by atoms with Crippen molar-refractivity contribution in [1.29, 1.82) is 0 Å². The minimum absolute atomic E-state index is 0.0828. The summed E-state index contributed by atoms with van der Waals surface area (Å²) in [5.74, 6) is 0.946. The molecule has 0 radical (unpaired) electrons. The molecule has 0 spiro atoms. The second kappa shape index (κ2) is 9.09. The molecular weight excluding hydrogens is 388 g/mol. The van der Waals surface area contributed by atoms with Crippen molar-refractivity contribution in [1.82, 2.24) is 9.97 Å². The maximum atomic E-state index is 9.77. The molecule has 0 atom stereocenters. The number of aromatic nitrogens is 2. The number of methoxy groups -OCH3 is 1. The molecule has 0 saturated carbocycles. The Labute approximate surface area is 181 Å². The fraction of sp³-hybridized carbons (Fsp3) is 0.0800. The largest absolute Gasteiger partial charge is 0.504 e. The van der Waals surface area contributed by atoms with E-state index in [1.54, 1.807) is 36.5 Å². The number of hydrogen-bond acceptors (Lipinski definition) is 6. The number of anilines is 1. The van der Waals surface area contributed by atoms with E-state index in [-0.39, 0.29) is 5.75 Å². The third-order valence-electron chi connectivity index (χ3n) is 4.73. The monoisotopic (exact) mass is 410 g/mol. The highest BCUT2D eigenvalue weighted by Gasteiger charge is 2.11. The summed E-state index contributed by atoms with van der Waals surface area (Å²) in [6, 6.07) is 27.0. The first kappa shape index (κ1) is 20.1. The van der Waals surface area contributed by atoms with Crippen molar-refractivity contribution in [3.63, 3.8) is 0 Å². The summed E-state index contributed by atoms with van der Waals surface area (Å²) in [5, 5.41) is 15.9. The van der Waals surface area contributed by atoms with Crippen molar-refractivity contribution in [2.75, 3.05) is 19.2 Å². The highest BCUT2D eigenvalue weighted by molar-refractivity contribution is 5.81. The Morgan fingerprint density at radius 2 is 1.42 bits per heavy atom. The van der Waals surface area contributed by atoms with E-state index in [9.17, 15) is 5.11 Å². The Balaban J connectivity index is 1.71. The number of hydrazone groups is 1. The van der Waals surface area contributed by atoms with E-state index in [4.69, 9.17) is 14.7 Å². The zero-order valence-corrected chi connectivity index (χ0v) is 17.3. The molecule has 4 rings (SSSR count). The van der Waals surface area contributed by atoms with E-state index >= 15 is 0 Å². The van der Waals surface area contributed by atoms with Crippen LogP contribution in [-0.2, 0) is 0 Å². The smallest absolute Gasteiger partial charge is 0.247 e. The van der Waals surface area contributed by atoms with Crippen LogP contribution in [0.3, 0.4) is 0 Å². The Kier molecular flexibility index (Phi) is 5.89. The molecule has 1 N–H and O–H groups in total. The van der Waals surface area contributed by atoms with Crippen molar-refractivity contribution >= 4 is 12.2 Å². The summed E-state index contributed by atoms with van der Waals surface area (Å²) in [7, 11) is 3.31. The lowest BCUT2D eigenvalue weighted by Crippen LogP contribution is -2.13. The van der Waals surface area contributed by atoms with E-state index in [0.29, 0.717) is 11.7 Å². The number of hydrogen-bond donors (Lipinski definition) is 1. The van der Waals surface area contributed by atoms with Crippen LogP contribution in [0.15, 0.2) is 90.0 Å². The number of phenols is 1. The molecule has 0 aliphatic rings. The summed E-state index contributed by atoms with van der Waals surface area (Å²) < 4.78 is 5.16. The van der Waals surface area contributed by atoms with Crippen LogP contribution >= 0.6 is 0 Å². The summed E-state index contributed by atoms with van der Waals surface area (Å²) in [5.41, 5.74) is 4.42. The van der Waals surface area contributed by atoms with Gasteiger partial charge < -0.3 is 9.84 Å². The number of phenolic OH excluding ortho intramolecular Hbond substituents is 1. The van der Waals surface area contributed by atoms with Gasteiger partial charge in [-0.25, -0.2) is 15.0 Å². The third-order valence-corrected chi connectivity index (χ3v) is 4.73. The average Bonchev–Trinajstić information content (AvgIpc) is 2.84. The van der Waals surface area contributed by atoms with E-state index in [1.165, 1.54) is 7.11 Å². The molecule has 3 aromatic carbocycles. The van der Waals surface area contributed by atoms with Crippen molar-refractivity contribution < 1.29 is 9.84 Å². The minimum atomic E-state index is 0.0828. The Hall–Kier alpha value is -4.19. The highest BCUT2D eigenvalue weighted by atomic mass is 16.5. The third kappa shape index (κ3) is 4.70. The molecule has 1 aromatic heterocycles. The SMILES string of the molecule is COc1cc(/C=N/N(C)c2nc(-c3ccccc3)cc(-c3ccccc3)n2)ccc1O. The maximum absolute atomic E-state index is 9.77. The lowest BCUT2D eigenvalue weighted by Gasteiger charge is -2.14. The standard InChI is InChI=1S/C25H22N4O2/c1-29(26-17-18-13-14-23(30)24(15-18)31-2)25-27-21(19-9-5-3-6-10-19)16-22(28-25)20-11-7-4-8-12-20/h3-17,30H,1-2H3/b26-17+. The zero-order chi connectivity index (χ0) is 21.6. The van der Waals surface area contributed by atoms with Crippen LogP contribution in [0.2, 0.25) is 0 Å². The van der Waals surface area contributed by atoms with Crippen LogP contribution in [0.5, 0.6) is 11.5 Å². The summed E-state index contributed by atoms with van der Waals surface area (Å²) in [6.07, 6.45) is 1.67. The van der Waals surface area contributed by atoms with Crippen molar-refractivity contribution in [3.8, 4) is 34.0 Å². The van der Waals surface area contributed by atoms with Crippen LogP contribution in [0.1, 0.15) is 5.56 Å². The predicted molar refractivity (Wildman–Crippen MR) is 124 cm³/mol. The predicted octanol–water partition coefficient (Wildman–Crippen LogP) is 5.00. The molecular formula is C25H22N4O2. The van der Waals surface area contributed by atoms with E-state index in [2.05, 4.69) is 5.10 Å². The molecule has 0 fully saturated rings. The molecule has 31 heavy (non-hydrogen) atoms. The topological polar surface area (TPSA) is 70.8 Å². The van der Waals surface area contributed by atoms with E-state index < -0.39 is 0 Å². The van der Waals surface area contributed by atoms with Gasteiger partial charge in [0.05, 0.1) is 24.7 Å². The molecule has 0 aliphatic carbocycles. The average molecular weight is 410 g/mol. The van der Waals surface area contributed by atoms with Gasteiger partial charge in [0.25, 0.3) is 0 Å². The lowest BCUT2D eigenvalue weighted by molar-refractivity contribution is 0.373. The molecule has 6 nitrogen and oxygen atoms in total. The lowest BCUT2D eigenvalue weighted by atomic mass is 10.1. The van der Waals surface area contributed by atoms with Gasteiger partial charge >= 0.3 is 0 Å². The maximum Gasteiger partial charge on any atom is 0.247 e. The molecule has 6 heteroatoms. The second-order valence-corrected chi connectivity index (χ2v) is 6.87. The van der Waals surface area contributed by atoms with Crippen molar-refractivity contribution in [3.05, 3.63) is 90.5 Å². The molecule has 0 unspecified atom stereocenters. The number of nitrogens with zero attached hydrogens (tertiary/aromatic N) is 4. The van der Waals surface area contributed by atoms with Crippen LogP contribution in [0.4, 0.5) is 5.95 Å². The van der Waals surface area contributed by atoms with Crippen molar-refractivity contribution in [2.24, 2.45) is 5.10 Å². The number of benzene rings is 3. The van der Waals surface area contributed by atoms with Gasteiger partial charge in [0.15, 0.2) is 11.5 Å². The molecule has 0 saturated heterocycles. The zero-order valence-electron chi connectivity index (χ0n) is 17.3. The summed E-state index contributed by atoms with van der Waals surface area (Å²) in [4.78, 5) is 9.45. The van der Waals surface area contributed by atoms with E-state index in [1.807, 2.05) is 66.7 Å². The molecule has 1 heterocycles. The molecule has 0 amide bonds. The highest BCUT2D eigenvalue weighted by Crippen LogP contribution is 2.27. The van der Waals surface area contributed by atoms with Gasteiger partial charge in [-0.1, -0.05) is 60.7 Å². The van der Waals surface area contributed by atoms with Crippen molar-refractivity contribution in [2.45, 2.75) is 0 Å². The summed E-state index contributed by atoms with van der Waals surface area (Å²) in [6.45, 7) is 0. The van der Waals surface area contributed by atoms with Crippen LogP contribution < -0.4 is 9.75 Å². The first-order chi connectivity index (χ1) is 15.1. The van der Waals surface area contributed by atoms with Gasteiger partial charge in [-0.05, 0) is 29.8 Å². The van der Waals surface area contributed by atoms with Crippen LogP contribution in [0.25, 0.3) is 22.5 Å². The quantitative estimate of drug-likeness (QED) is 0.358. The first-order valence-corrected chi connectivity index (χ1v) is 9.78. The summed E-state index contributed by atoms with van der Waals surface area (Å²) >= 11 is 0. The number of ether oxygens (including phenoxy) is 1. The molecule has 4 aromatic rings. The molecule has 0 bridgehead atoms. The Morgan fingerprint density at radius 1 is 0.839 bits per heavy atom. The second-order valence-electron chi connectivity index (χ2n) is 6.87. The molecule has 0 aliphatic heterocycles. The Morgan fingerprint density at radius 3 is 1.97 bits per heavy atom. The fourth-order valence-corrected chi connectivity index (χ4v) is 3.07. The van der Waals surface area contributed by atoms with Gasteiger partial charge in [-0.15, -0.1) is 0 Å². The number of aromatic hydroxyl groups is 1. The van der Waals surface area contributed by atoms with Gasteiger partial charge in [0, 0.05) is 18.2 Å². The van der Waals surface area contributed by atoms with E-state index in [0.717, 1.165) is 28.1 Å². The minimum Gasteiger partial charge on any atom is -0.504 e. The fourth-order valence-electron chi connectivity index (χ4n) is 3.07. The van der Waals surface area contributed by atoms with Gasteiger partial charge in [0.2, 0.25) is 5.95 Å². The number of rotatable bonds is 6. The molecule has 154 valence electrons. The van der Waals surface area contributed by atoms with Crippen LogP contribution in [0, 0.1) is 0 Å². The van der Waals surface area contributed by atoms with Gasteiger partial charge in [-0.2, -0.15) is 5.10 Å². The van der Waals surface area contributed by atoms with Gasteiger partial charge in [-0.3, -0.25) is 0 Å².